The fourth-order valence-electron chi connectivity index (χ4n) is 3.72. The maximum atomic E-state index is 12.3. The van der Waals surface area contributed by atoms with Crippen molar-refractivity contribution in [2.45, 2.75) is 53.1 Å². The van der Waals surface area contributed by atoms with Crippen molar-refractivity contribution in [2.24, 2.45) is 4.99 Å². The average molecular weight is 553 g/mol. The zero-order valence-electron chi connectivity index (χ0n) is 19.4. The summed E-state index contributed by atoms with van der Waals surface area (Å²) in [6.07, 6.45) is 3.14. The van der Waals surface area contributed by atoms with E-state index in [0.717, 1.165) is 74.9 Å². The Hall–Kier alpha value is -2.30. The van der Waals surface area contributed by atoms with Gasteiger partial charge >= 0.3 is 6.03 Å². The van der Waals surface area contributed by atoms with Crippen LogP contribution in [-0.2, 0) is 13.1 Å². The maximum absolute atomic E-state index is 12.3. The Balaban J connectivity index is 0.00000363. The Bertz CT molecular complexity index is 890. The summed E-state index contributed by atoms with van der Waals surface area (Å²) in [4.78, 5) is 18.9. The molecule has 176 valence electrons. The fraction of sp³-hybridized carbons (Fsp3) is 0.522. The lowest BCUT2D eigenvalue weighted by Crippen LogP contribution is -2.38. The van der Waals surface area contributed by atoms with Gasteiger partial charge in [-0.05, 0) is 63.8 Å². The third kappa shape index (κ3) is 7.99. The summed E-state index contributed by atoms with van der Waals surface area (Å²) in [5.41, 5.74) is 4.11. The van der Waals surface area contributed by atoms with Crippen LogP contribution in [0.15, 0.2) is 35.3 Å². The minimum atomic E-state index is -0.0178. The van der Waals surface area contributed by atoms with Crippen molar-refractivity contribution in [2.75, 3.05) is 31.5 Å². The van der Waals surface area contributed by atoms with Crippen LogP contribution in [0.3, 0.4) is 0 Å². The second-order valence-electron chi connectivity index (χ2n) is 7.95. The maximum Gasteiger partial charge on any atom is 0.321 e. The van der Waals surface area contributed by atoms with Crippen LogP contribution in [0.5, 0.6) is 0 Å². The number of halogens is 1. The predicted octanol–water partition coefficient (Wildman–Crippen LogP) is 3.89. The van der Waals surface area contributed by atoms with E-state index in [1.165, 1.54) is 5.69 Å². The molecule has 0 bridgehead atoms. The molecule has 1 aromatic heterocycles. The quantitative estimate of drug-likeness (QED) is 0.201. The topological polar surface area (TPSA) is 86.6 Å². The smallest absolute Gasteiger partial charge is 0.321 e. The molecule has 2 heterocycles. The molecule has 0 radical (unpaired) electrons. The summed E-state index contributed by atoms with van der Waals surface area (Å²) < 4.78 is 2.04. The standard InChI is InChI=1S/C23H35N7O.HI/c1-4-24-22(25-11-8-14-30-19(3)15-18(2)28-30)26-17-20-9-7-10-21(16-20)27-23(31)29-12-5-6-13-29;/h7,9-10,15-16H,4-6,8,11-14,17H2,1-3H3,(H,27,31)(H2,24,25,26);1H. The van der Waals surface area contributed by atoms with Crippen molar-refractivity contribution in [3.05, 3.63) is 47.3 Å². The first-order valence-electron chi connectivity index (χ1n) is 11.2. The number of rotatable bonds is 8. The van der Waals surface area contributed by atoms with Gasteiger partial charge in [0.15, 0.2) is 5.96 Å². The number of aliphatic imine (C=N–C) groups is 1. The molecule has 1 fully saturated rings. The number of carbonyl (C=O) groups is 1. The second-order valence-corrected chi connectivity index (χ2v) is 7.95. The highest BCUT2D eigenvalue weighted by atomic mass is 127. The van der Waals surface area contributed by atoms with Gasteiger partial charge in [0.2, 0.25) is 0 Å². The SMILES string of the molecule is CCNC(=NCc1cccc(NC(=O)N2CCCC2)c1)NCCCn1nc(C)cc1C.I. The number of carbonyl (C=O) groups excluding carboxylic acids is 1. The molecule has 0 atom stereocenters. The van der Waals surface area contributed by atoms with Crippen molar-refractivity contribution in [1.82, 2.24) is 25.3 Å². The molecule has 2 amide bonds. The molecule has 0 aliphatic carbocycles. The first kappa shape index (κ1) is 26.0. The molecule has 2 aromatic rings. The number of likely N-dealkylation sites (tertiary alicyclic amines) is 1. The third-order valence-corrected chi connectivity index (χ3v) is 5.28. The molecule has 0 unspecified atom stereocenters. The van der Waals surface area contributed by atoms with Crippen molar-refractivity contribution in [3.8, 4) is 0 Å². The lowest BCUT2D eigenvalue weighted by molar-refractivity contribution is 0.222. The highest BCUT2D eigenvalue weighted by molar-refractivity contribution is 14.0. The molecule has 9 heteroatoms. The van der Waals surface area contributed by atoms with Crippen LogP contribution in [0.2, 0.25) is 0 Å². The molecule has 1 aliphatic heterocycles. The Morgan fingerprint density at radius 1 is 1.16 bits per heavy atom. The summed E-state index contributed by atoms with van der Waals surface area (Å²) in [5, 5.41) is 14.2. The zero-order valence-corrected chi connectivity index (χ0v) is 21.7. The number of urea groups is 1. The van der Waals surface area contributed by atoms with Gasteiger partial charge < -0.3 is 20.9 Å². The van der Waals surface area contributed by atoms with E-state index in [1.54, 1.807) is 0 Å². The number of anilines is 1. The van der Waals surface area contributed by atoms with Gasteiger partial charge in [-0.2, -0.15) is 5.10 Å². The molecule has 1 saturated heterocycles. The van der Waals surface area contributed by atoms with E-state index in [2.05, 4.69) is 41.0 Å². The zero-order chi connectivity index (χ0) is 22.1. The normalized spacial score (nSPS) is 13.6. The molecular formula is C23H36IN7O. The lowest BCUT2D eigenvalue weighted by Gasteiger charge is -2.16. The van der Waals surface area contributed by atoms with Crippen LogP contribution in [-0.4, -0.2) is 52.9 Å². The molecule has 8 nitrogen and oxygen atoms in total. The van der Waals surface area contributed by atoms with Gasteiger partial charge in [-0.25, -0.2) is 9.79 Å². The summed E-state index contributed by atoms with van der Waals surface area (Å²) >= 11 is 0. The van der Waals surface area contributed by atoms with Crippen LogP contribution < -0.4 is 16.0 Å². The third-order valence-electron chi connectivity index (χ3n) is 5.28. The molecule has 0 spiro atoms. The number of guanidine groups is 1. The van der Waals surface area contributed by atoms with E-state index in [0.29, 0.717) is 6.54 Å². The number of amides is 2. The van der Waals surface area contributed by atoms with Gasteiger partial charge in [-0.1, -0.05) is 12.1 Å². The Labute approximate surface area is 208 Å². The Morgan fingerprint density at radius 3 is 2.62 bits per heavy atom. The molecule has 3 rings (SSSR count). The molecular weight excluding hydrogens is 517 g/mol. The van der Waals surface area contributed by atoms with Gasteiger partial charge in [0.1, 0.15) is 0 Å². The van der Waals surface area contributed by atoms with E-state index < -0.39 is 0 Å². The number of benzene rings is 1. The van der Waals surface area contributed by atoms with Crippen molar-refractivity contribution < 1.29 is 4.79 Å². The van der Waals surface area contributed by atoms with Gasteiger partial charge in [-0.15, -0.1) is 24.0 Å². The summed E-state index contributed by atoms with van der Waals surface area (Å²) in [6.45, 7) is 10.9. The van der Waals surface area contributed by atoms with Gasteiger partial charge in [0, 0.05) is 44.1 Å². The summed E-state index contributed by atoms with van der Waals surface area (Å²) in [5.74, 6) is 0.794. The highest BCUT2D eigenvalue weighted by Crippen LogP contribution is 2.14. The van der Waals surface area contributed by atoms with Gasteiger partial charge in [0.05, 0.1) is 12.2 Å². The van der Waals surface area contributed by atoms with Crippen molar-refractivity contribution >= 4 is 41.7 Å². The van der Waals surface area contributed by atoms with Crippen molar-refractivity contribution in [1.29, 1.82) is 0 Å². The first-order chi connectivity index (χ1) is 15.0. The second kappa shape index (κ2) is 13.3. The monoisotopic (exact) mass is 553 g/mol. The number of nitrogens with one attached hydrogen (secondary N) is 3. The molecule has 1 aromatic carbocycles. The predicted molar refractivity (Wildman–Crippen MR) is 141 cm³/mol. The number of aromatic nitrogens is 2. The molecule has 0 saturated carbocycles. The van der Waals surface area contributed by atoms with E-state index in [1.807, 2.05) is 40.8 Å². The summed E-state index contributed by atoms with van der Waals surface area (Å²) in [7, 11) is 0. The van der Waals surface area contributed by atoms with Crippen LogP contribution in [0.25, 0.3) is 0 Å². The van der Waals surface area contributed by atoms with E-state index in [9.17, 15) is 4.79 Å². The van der Waals surface area contributed by atoms with Crippen LogP contribution in [0.4, 0.5) is 10.5 Å². The largest absolute Gasteiger partial charge is 0.357 e. The fourth-order valence-corrected chi connectivity index (χ4v) is 3.72. The van der Waals surface area contributed by atoms with E-state index >= 15 is 0 Å². The average Bonchev–Trinajstić information content (AvgIpc) is 3.39. The minimum Gasteiger partial charge on any atom is -0.357 e. The number of aryl methyl sites for hydroxylation is 3. The Morgan fingerprint density at radius 2 is 1.94 bits per heavy atom. The first-order valence-corrected chi connectivity index (χ1v) is 11.2. The number of nitrogens with zero attached hydrogens (tertiary/aromatic N) is 4. The van der Waals surface area contributed by atoms with Crippen LogP contribution >= 0.6 is 24.0 Å². The van der Waals surface area contributed by atoms with Crippen LogP contribution in [0, 0.1) is 13.8 Å². The summed E-state index contributed by atoms with van der Waals surface area (Å²) in [6, 6.07) is 9.98. The molecule has 3 N–H and O–H groups in total. The number of hydrogen-bond donors (Lipinski definition) is 3. The highest BCUT2D eigenvalue weighted by Gasteiger charge is 2.17. The van der Waals surface area contributed by atoms with E-state index in [4.69, 9.17) is 4.99 Å². The lowest BCUT2D eigenvalue weighted by atomic mass is 10.2. The number of hydrogen-bond acceptors (Lipinski definition) is 3. The van der Waals surface area contributed by atoms with Crippen LogP contribution in [0.1, 0.15) is 43.1 Å². The van der Waals surface area contributed by atoms with Crippen molar-refractivity contribution in [3.63, 3.8) is 0 Å². The van der Waals surface area contributed by atoms with Gasteiger partial charge in [0.25, 0.3) is 0 Å². The van der Waals surface area contributed by atoms with Gasteiger partial charge in [-0.3, -0.25) is 4.68 Å². The minimum absolute atomic E-state index is 0. The van der Waals surface area contributed by atoms with E-state index in [-0.39, 0.29) is 30.0 Å². The molecule has 1 aliphatic rings. The molecule has 32 heavy (non-hydrogen) atoms. The Kier molecular flexibility index (Phi) is 10.8.